The lowest BCUT2D eigenvalue weighted by atomic mass is 10.1. The number of nitrogens with zero attached hydrogens (tertiary/aromatic N) is 1. The normalized spacial score (nSPS) is 17.3. The molecule has 1 heterocycles. The SMILES string of the molecule is NC(=S)c1ccccc1CS(=O)(=O)N1CCOCC1. The van der Waals surface area contributed by atoms with Gasteiger partial charge in [-0.15, -0.1) is 0 Å². The zero-order chi connectivity index (χ0) is 13.9. The summed E-state index contributed by atoms with van der Waals surface area (Å²) in [5.41, 5.74) is 6.87. The Hall–Kier alpha value is -1.02. The molecule has 0 spiro atoms. The molecule has 2 N–H and O–H groups in total. The van der Waals surface area contributed by atoms with E-state index in [0.29, 0.717) is 37.4 Å². The maximum absolute atomic E-state index is 12.3. The Balaban J connectivity index is 2.22. The van der Waals surface area contributed by atoms with E-state index >= 15 is 0 Å². The first-order valence-corrected chi connectivity index (χ1v) is 7.96. The summed E-state index contributed by atoms with van der Waals surface area (Å²) in [6.07, 6.45) is 0. The van der Waals surface area contributed by atoms with Crippen molar-refractivity contribution < 1.29 is 13.2 Å². The van der Waals surface area contributed by atoms with Crippen LogP contribution in [0.15, 0.2) is 24.3 Å². The van der Waals surface area contributed by atoms with Gasteiger partial charge in [-0.3, -0.25) is 0 Å². The molecule has 0 radical (unpaired) electrons. The molecule has 0 atom stereocenters. The van der Waals surface area contributed by atoms with Crippen molar-refractivity contribution in [3.05, 3.63) is 35.4 Å². The van der Waals surface area contributed by atoms with Crippen LogP contribution in [0.4, 0.5) is 0 Å². The smallest absolute Gasteiger partial charge is 0.218 e. The minimum absolute atomic E-state index is 0.0828. The third kappa shape index (κ3) is 3.50. The van der Waals surface area contributed by atoms with E-state index in [2.05, 4.69) is 0 Å². The summed E-state index contributed by atoms with van der Waals surface area (Å²) >= 11 is 4.94. The van der Waals surface area contributed by atoms with Gasteiger partial charge in [-0.2, -0.15) is 4.31 Å². The number of hydrogen-bond acceptors (Lipinski definition) is 4. The molecule has 0 amide bonds. The Morgan fingerprint density at radius 3 is 2.58 bits per heavy atom. The molecule has 1 saturated heterocycles. The van der Waals surface area contributed by atoms with Gasteiger partial charge in [-0.05, 0) is 5.56 Å². The molecular weight excluding hydrogens is 284 g/mol. The Kier molecular flexibility index (Phi) is 4.51. The Morgan fingerprint density at radius 1 is 1.32 bits per heavy atom. The minimum atomic E-state index is -3.35. The average Bonchev–Trinajstić information content (AvgIpc) is 2.39. The second kappa shape index (κ2) is 5.96. The highest BCUT2D eigenvalue weighted by Crippen LogP contribution is 2.16. The van der Waals surface area contributed by atoms with Crippen molar-refractivity contribution in [3.8, 4) is 0 Å². The highest BCUT2D eigenvalue weighted by molar-refractivity contribution is 7.88. The van der Waals surface area contributed by atoms with E-state index in [4.69, 9.17) is 22.7 Å². The molecule has 0 aromatic heterocycles. The van der Waals surface area contributed by atoms with Crippen LogP contribution in [-0.2, 0) is 20.5 Å². The standard InChI is InChI=1S/C12H16N2O3S2/c13-12(18)11-4-2-1-3-10(11)9-19(15,16)14-5-7-17-8-6-14/h1-4H,5-9H2,(H2,13,18). The van der Waals surface area contributed by atoms with Gasteiger partial charge in [0.05, 0.1) is 19.0 Å². The van der Waals surface area contributed by atoms with Crippen molar-refractivity contribution >= 4 is 27.2 Å². The number of benzene rings is 1. The second-order valence-corrected chi connectivity index (χ2v) is 6.70. The van der Waals surface area contributed by atoms with Crippen LogP contribution in [0.3, 0.4) is 0 Å². The van der Waals surface area contributed by atoms with Crippen molar-refractivity contribution in [2.75, 3.05) is 26.3 Å². The van der Waals surface area contributed by atoms with Gasteiger partial charge < -0.3 is 10.5 Å². The van der Waals surface area contributed by atoms with Crippen molar-refractivity contribution in [3.63, 3.8) is 0 Å². The van der Waals surface area contributed by atoms with Gasteiger partial charge in [0, 0.05) is 18.7 Å². The Labute approximate surface area is 118 Å². The summed E-state index contributed by atoms with van der Waals surface area (Å²) in [4.78, 5) is 0.216. The van der Waals surface area contributed by atoms with E-state index in [9.17, 15) is 8.42 Å². The molecule has 19 heavy (non-hydrogen) atoms. The van der Waals surface area contributed by atoms with Gasteiger partial charge in [0.2, 0.25) is 10.0 Å². The summed E-state index contributed by atoms with van der Waals surface area (Å²) in [7, 11) is -3.35. The summed E-state index contributed by atoms with van der Waals surface area (Å²) in [5, 5.41) is 0. The van der Waals surface area contributed by atoms with E-state index in [1.54, 1.807) is 24.3 Å². The van der Waals surface area contributed by atoms with E-state index in [1.165, 1.54) is 4.31 Å². The molecule has 1 fully saturated rings. The topological polar surface area (TPSA) is 72.6 Å². The zero-order valence-corrected chi connectivity index (χ0v) is 12.0. The lowest BCUT2D eigenvalue weighted by molar-refractivity contribution is 0.0729. The maximum Gasteiger partial charge on any atom is 0.218 e. The predicted octanol–water partition coefficient (Wildman–Crippen LogP) is 0.483. The van der Waals surface area contributed by atoms with E-state index in [1.807, 2.05) is 0 Å². The average molecular weight is 300 g/mol. The summed E-state index contributed by atoms with van der Waals surface area (Å²) in [5.74, 6) is -0.0828. The van der Waals surface area contributed by atoms with Crippen molar-refractivity contribution in [2.24, 2.45) is 5.73 Å². The molecule has 0 unspecified atom stereocenters. The van der Waals surface area contributed by atoms with Crippen molar-refractivity contribution in [2.45, 2.75) is 5.75 Å². The van der Waals surface area contributed by atoms with Crippen LogP contribution in [0.25, 0.3) is 0 Å². The molecular formula is C12H16N2O3S2. The predicted molar refractivity (Wildman–Crippen MR) is 77.3 cm³/mol. The third-order valence-electron chi connectivity index (χ3n) is 2.98. The molecule has 1 aliphatic rings. The summed E-state index contributed by atoms with van der Waals surface area (Å²) in [6, 6.07) is 7.06. The van der Waals surface area contributed by atoms with Gasteiger partial charge in [-0.1, -0.05) is 36.5 Å². The van der Waals surface area contributed by atoms with E-state index < -0.39 is 10.0 Å². The highest BCUT2D eigenvalue weighted by atomic mass is 32.2. The third-order valence-corrected chi connectivity index (χ3v) is 5.03. The molecule has 0 saturated carbocycles. The summed E-state index contributed by atoms with van der Waals surface area (Å²) < 4.78 is 31.2. The number of morpholine rings is 1. The summed E-state index contributed by atoms with van der Waals surface area (Å²) in [6.45, 7) is 1.68. The highest BCUT2D eigenvalue weighted by Gasteiger charge is 2.25. The minimum Gasteiger partial charge on any atom is -0.389 e. The van der Waals surface area contributed by atoms with Crippen LogP contribution in [0.2, 0.25) is 0 Å². The molecule has 5 nitrogen and oxygen atoms in total. The molecule has 0 bridgehead atoms. The molecule has 1 aromatic carbocycles. The molecule has 0 aliphatic carbocycles. The number of nitrogens with two attached hydrogens (primary N) is 1. The first-order chi connectivity index (χ1) is 9.00. The van der Waals surface area contributed by atoms with Gasteiger partial charge >= 0.3 is 0 Å². The Bertz CT molecular complexity index is 566. The first kappa shape index (κ1) is 14.4. The van der Waals surface area contributed by atoms with Crippen molar-refractivity contribution in [1.82, 2.24) is 4.31 Å². The first-order valence-electron chi connectivity index (χ1n) is 5.94. The zero-order valence-electron chi connectivity index (χ0n) is 10.4. The van der Waals surface area contributed by atoms with Gasteiger partial charge in [0.15, 0.2) is 0 Å². The van der Waals surface area contributed by atoms with Crippen LogP contribution in [-0.4, -0.2) is 44.0 Å². The molecule has 7 heteroatoms. The van der Waals surface area contributed by atoms with Crippen LogP contribution in [0, 0.1) is 0 Å². The molecule has 1 aromatic rings. The van der Waals surface area contributed by atoms with Crippen molar-refractivity contribution in [1.29, 1.82) is 0 Å². The van der Waals surface area contributed by atoms with E-state index in [-0.39, 0.29) is 10.7 Å². The van der Waals surface area contributed by atoms with Crippen LogP contribution < -0.4 is 5.73 Å². The van der Waals surface area contributed by atoms with Gasteiger partial charge in [0.1, 0.15) is 4.99 Å². The van der Waals surface area contributed by atoms with E-state index in [0.717, 1.165) is 0 Å². The number of rotatable bonds is 4. The van der Waals surface area contributed by atoms with Gasteiger partial charge in [-0.25, -0.2) is 8.42 Å². The van der Waals surface area contributed by atoms with Crippen LogP contribution in [0.1, 0.15) is 11.1 Å². The fourth-order valence-corrected chi connectivity index (χ4v) is 3.73. The lowest BCUT2D eigenvalue weighted by Gasteiger charge is -2.26. The molecule has 2 rings (SSSR count). The number of ether oxygens (including phenoxy) is 1. The fraction of sp³-hybridized carbons (Fsp3) is 0.417. The monoisotopic (exact) mass is 300 g/mol. The Morgan fingerprint density at radius 2 is 1.95 bits per heavy atom. The number of hydrogen-bond donors (Lipinski definition) is 1. The van der Waals surface area contributed by atoms with Crippen LogP contribution in [0.5, 0.6) is 0 Å². The maximum atomic E-state index is 12.3. The second-order valence-electron chi connectivity index (χ2n) is 4.29. The molecule has 1 aliphatic heterocycles. The van der Waals surface area contributed by atoms with Crippen LogP contribution >= 0.6 is 12.2 Å². The van der Waals surface area contributed by atoms with Gasteiger partial charge in [0.25, 0.3) is 0 Å². The lowest BCUT2D eigenvalue weighted by Crippen LogP contribution is -2.41. The molecule has 104 valence electrons. The number of sulfonamides is 1. The number of thiocarbonyl (C=S) groups is 1. The quantitative estimate of drug-likeness (QED) is 0.819. The largest absolute Gasteiger partial charge is 0.389 e. The fourth-order valence-electron chi connectivity index (χ4n) is 2.00.